The zero-order chi connectivity index (χ0) is 18.9. The van der Waals surface area contributed by atoms with E-state index >= 15 is 0 Å². The Morgan fingerprint density at radius 1 is 1.19 bits per heavy atom. The molecular formula is C16H23N5O4S. The van der Waals surface area contributed by atoms with E-state index in [4.69, 9.17) is 0 Å². The summed E-state index contributed by atoms with van der Waals surface area (Å²) in [7, 11) is -1.45. The normalized spacial score (nSPS) is 22.3. The number of piperazine rings is 1. The quantitative estimate of drug-likeness (QED) is 0.689. The van der Waals surface area contributed by atoms with Crippen molar-refractivity contribution >= 4 is 27.5 Å². The monoisotopic (exact) mass is 381 g/mol. The molecule has 3 heterocycles. The smallest absolute Gasteiger partial charge is 0.272 e. The van der Waals surface area contributed by atoms with Crippen molar-refractivity contribution in [1.82, 2.24) is 19.8 Å². The van der Waals surface area contributed by atoms with Crippen molar-refractivity contribution in [2.24, 2.45) is 0 Å². The van der Waals surface area contributed by atoms with Crippen molar-refractivity contribution in [2.45, 2.75) is 19.4 Å². The molecule has 0 saturated carbocycles. The van der Waals surface area contributed by atoms with Gasteiger partial charge in [0.15, 0.2) is 9.84 Å². The summed E-state index contributed by atoms with van der Waals surface area (Å²) in [4.78, 5) is 37.7. The Hall–Kier alpha value is -2.23. The van der Waals surface area contributed by atoms with Gasteiger partial charge >= 0.3 is 0 Å². The lowest BCUT2D eigenvalue weighted by molar-refractivity contribution is -0.129. The molecule has 0 spiro atoms. The summed E-state index contributed by atoms with van der Waals surface area (Å²) in [6.45, 7) is 4.06. The molecule has 0 aromatic carbocycles. The average molecular weight is 381 g/mol. The fourth-order valence-corrected chi connectivity index (χ4v) is 5.09. The Kier molecular flexibility index (Phi) is 5.12. The van der Waals surface area contributed by atoms with E-state index in [1.807, 2.05) is 4.90 Å². The van der Waals surface area contributed by atoms with Crippen LogP contribution in [0.4, 0.5) is 5.82 Å². The molecule has 1 aromatic heterocycles. The largest absolute Gasteiger partial charge is 0.353 e. The van der Waals surface area contributed by atoms with Gasteiger partial charge in [0.2, 0.25) is 5.91 Å². The molecule has 9 nitrogen and oxygen atoms in total. The topological polar surface area (TPSA) is 104 Å². The second kappa shape index (κ2) is 7.18. The lowest BCUT2D eigenvalue weighted by Crippen LogP contribution is -2.48. The van der Waals surface area contributed by atoms with Crippen molar-refractivity contribution in [2.75, 3.05) is 49.6 Å². The number of sulfone groups is 1. The number of carbonyl (C=O) groups is 2. The first-order valence-corrected chi connectivity index (χ1v) is 10.4. The molecule has 26 heavy (non-hydrogen) atoms. The van der Waals surface area contributed by atoms with Crippen molar-refractivity contribution in [3.8, 4) is 0 Å². The van der Waals surface area contributed by atoms with Gasteiger partial charge in [0.1, 0.15) is 17.8 Å². The summed E-state index contributed by atoms with van der Waals surface area (Å²) in [5, 5.41) is 0. The molecular weight excluding hydrogens is 358 g/mol. The summed E-state index contributed by atoms with van der Waals surface area (Å²) in [6.07, 6.45) is 1.80. The summed E-state index contributed by atoms with van der Waals surface area (Å²) < 4.78 is 23.3. The Labute approximate surface area is 152 Å². The van der Waals surface area contributed by atoms with Crippen LogP contribution in [0.2, 0.25) is 0 Å². The van der Waals surface area contributed by atoms with Gasteiger partial charge in [-0.3, -0.25) is 9.59 Å². The van der Waals surface area contributed by atoms with Crippen LogP contribution < -0.4 is 4.90 Å². The number of amides is 2. The van der Waals surface area contributed by atoms with Crippen LogP contribution in [0.15, 0.2) is 12.4 Å². The molecule has 2 fully saturated rings. The van der Waals surface area contributed by atoms with Crippen LogP contribution in [0, 0.1) is 0 Å². The molecule has 3 rings (SSSR count). The van der Waals surface area contributed by atoms with Crippen molar-refractivity contribution in [3.05, 3.63) is 18.1 Å². The average Bonchev–Trinajstić information content (AvgIpc) is 3.00. The van der Waals surface area contributed by atoms with Gasteiger partial charge in [-0.2, -0.15) is 0 Å². The lowest BCUT2D eigenvalue weighted by Gasteiger charge is -2.35. The Balaban J connectivity index is 1.69. The first kappa shape index (κ1) is 18.6. The first-order chi connectivity index (χ1) is 12.3. The highest BCUT2D eigenvalue weighted by Gasteiger charge is 2.33. The van der Waals surface area contributed by atoms with E-state index in [1.54, 1.807) is 24.9 Å². The van der Waals surface area contributed by atoms with E-state index in [9.17, 15) is 18.0 Å². The highest BCUT2D eigenvalue weighted by Crippen LogP contribution is 2.20. The second-order valence-corrected chi connectivity index (χ2v) is 8.96. The number of anilines is 1. The van der Waals surface area contributed by atoms with Crippen molar-refractivity contribution in [1.29, 1.82) is 0 Å². The van der Waals surface area contributed by atoms with Crippen LogP contribution in [-0.2, 0) is 14.6 Å². The van der Waals surface area contributed by atoms with Gasteiger partial charge in [-0.05, 0) is 6.42 Å². The molecule has 2 amide bonds. The van der Waals surface area contributed by atoms with Gasteiger partial charge in [0.05, 0.1) is 11.5 Å². The van der Waals surface area contributed by atoms with Crippen LogP contribution in [0.3, 0.4) is 0 Å². The maximum atomic E-state index is 12.7. The van der Waals surface area contributed by atoms with Crippen molar-refractivity contribution in [3.63, 3.8) is 0 Å². The maximum absolute atomic E-state index is 12.7. The van der Waals surface area contributed by atoms with Gasteiger partial charge < -0.3 is 14.7 Å². The standard InChI is InChI=1S/C16H23N5O4S/c1-12(22)20-4-6-21(7-5-20)15-9-14(17-11-18-15)16(23)19(2)13-3-8-26(24,25)10-13/h9,11,13H,3-8,10H2,1-2H3. The molecule has 1 aromatic rings. The molecule has 0 N–H and O–H groups in total. The fraction of sp³-hybridized carbons (Fsp3) is 0.625. The number of aromatic nitrogens is 2. The molecule has 2 aliphatic heterocycles. The molecule has 0 radical (unpaired) electrons. The van der Waals surface area contributed by atoms with Crippen LogP contribution in [0.5, 0.6) is 0 Å². The van der Waals surface area contributed by atoms with E-state index < -0.39 is 9.84 Å². The van der Waals surface area contributed by atoms with Crippen LogP contribution in [-0.4, -0.2) is 90.8 Å². The van der Waals surface area contributed by atoms with Gasteiger partial charge in [-0.1, -0.05) is 0 Å². The Morgan fingerprint density at radius 2 is 1.88 bits per heavy atom. The van der Waals surface area contributed by atoms with Gasteiger partial charge in [-0.25, -0.2) is 18.4 Å². The summed E-state index contributed by atoms with van der Waals surface area (Å²) in [5.41, 5.74) is 0.246. The second-order valence-electron chi connectivity index (χ2n) is 6.73. The molecule has 2 aliphatic rings. The number of nitrogens with zero attached hydrogens (tertiary/aromatic N) is 5. The minimum Gasteiger partial charge on any atom is -0.353 e. The van der Waals surface area contributed by atoms with Gasteiger partial charge in [0.25, 0.3) is 5.91 Å². The highest BCUT2D eigenvalue weighted by atomic mass is 32.2. The SMILES string of the molecule is CC(=O)N1CCN(c2cc(C(=O)N(C)C3CCS(=O)(=O)C3)ncn2)CC1. The summed E-state index contributed by atoms with van der Waals surface area (Å²) in [5.74, 6) is 0.499. The van der Waals surface area contributed by atoms with E-state index in [0.717, 1.165) is 0 Å². The number of rotatable bonds is 3. The van der Waals surface area contributed by atoms with Crippen LogP contribution >= 0.6 is 0 Å². The number of hydrogen-bond acceptors (Lipinski definition) is 7. The van der Waals surface area contributed by atoms with Gasteiger partial charge in [-0.15, -0.1) is 0 Å². The molecule has 142 valence electrons. The molecule has 0 bridgehead atoms. The highest BCUT2D eigenvalue weighted by molar-refractivity contribution is 7.91. The molecule has 0 aliphatic carbocycles. The van der Waals surface area contributed by atoms with E-state index in [2.05, 4.69) is 9.97 Å². The third-order valence-corrected chi connectivity index (χ3v) is 6.75. The van der Waals surface area contributed by atoms with E-state index in [-0.39, 0.29) is 35.1 Å². The molecule has 10 heteroatoms. The Morgan fingerprint density at radius 3 is 2.46 bits per heavy atom. The minimum atomic E-state index is -3.06. The van der Waals surface area contributed by atoms with Crippen LogP contribution in [0.25, 0.3) is 0 Å². The third kappa shape index (κ3) is 3.95. The van der Waals surface area contributed by atoms with Crippen LogP contribution in [0.1, 0.15) is 23.8 Å². The van der Waals surface area contributed by atoms with Gasteiger partial charge in [0, 0.05) is 52.3 Å². The summed E-state index contributed by atoms with van der Waals surface area (Å²) in [6, 6.07) is 1.32. The van der Waals surface area contributed by atoms with E-state index in [1.165, 1.54) is 11.2 Å². The first-order valence-electron chi connectivity index (χ1n) is 8.57. The zero-order valence-corrected chi connectivity index (χ0v) is 15.8. The predicted octanol–water partition coefficient (Wildman–Crippen LogP) is -0.596. The maximum Gasteiger partial charge on any atom is 0.272 e. The Bertz CT molecular complexity index is 805. The molecule has 1 atom stereocenters. The minimum absolute atomic E-state index is 0.000185. The molecule has 2 saturated heterocycles. The molecule has 1 unspecified atom stereocenters. The predicted molar refractivity (Wildman–Crippen MR) is 95.7 cm³/mol. The van der Waals surface area contributed by atoms with Crippen molar-refractivity contribution < 1.29 is 18.0 Å². The number of carbonyl (C=O) groups excluding carboxylic acids is 2. The zero-order valence-electron chi connectivity index (χ0n) is 15.0. The van der Waals surface area contributed by atoms with E-state index in [0.29, 0.717) is 38.4 Å². The fourth-order valence-electron chi connectivity index (χ4n) is 3.31. The summed E-state index contributed by atoms with van der Waals surface area (Å²) >= 11 is 0. The lowest BCUT2D eigenvalue weighted by atomic mass is 10.2. The number of hydrogen-bond donors (Lipinski definition) is 0. The third-order valence-electron chi connectivity index (χ3n) is 5.00.